The van der Waals surface area contributed by atoms with E-state index in [-0.39, 0.29) is 12.1 Å². The predicted molar refractivity (Wildman–Crippen MR) is 79.1 cm³/mol. The molecule has 6 nitrogen and oxygen atoms in total. The molecule has 1 saturated heterocycles. The number of nitrogens with two attached hydrogens (primary N) is 1. The molecule has 6 heteroatoms. The van der Waals surface area contributed by atoms with E-state index in [9.17, 15) is 0 Å². The number of nitrogens with zero attached hydrogens (tertiary/aromatic N) is 3. The number of aryl methyl sites for hydroxylation is 2. The number of nitrogens with one attached hydrogen (secondary N) is 1. The summed E-state index contributed by atoms with van der Waals surface area (Å²) in [6.45, 7) is 6.15. The first-order valence-corrected chi connectivity index (χ1v) is 7.51. The summed E-state index contributed by atoms with van der Waals surface area (Å²) >= 11 is 0. The second kappa shape index (κ2) is 7.73. The highest BCUT2D eigenvalue weighted by atomic mass is 16.5. The van der Waals surface area contributed by atoms with E-state index in [1.165, 1.54) is 12.1 Å². The maximum atomic E-state index is 5.90. The zero-order valence-corrected chi connectivity index (χ0v) is 12.6. The Labute approximate surface area is 121 Å². The van der Waals surface area contributed by atoms with E-state index >= 15 is 0 Å². The molecule has 0 aliphatic carbocycles. The van der Waals surface area contributed by atoms with Crippen LogP contribution in [0.1, 0.15) is 25.5 Å². The number of aromatic nitrogens is 2. The van der Waals surface area contributed by atoms with Crippen molar-refractivity contribution in [3.8, 4) is 0 Å². The highest BCUT2D eigenvalue weighted by molar-refractivity contribution is 5.01. The summed E-state index contributed by atoms with van der Waals surface area (Å²) in [4.78, 5) is 2.46. The van der Waals surface area contributed by atoms with Crippen molar-refractivity contribution in [1.82, 2.24) is 20.1 Å². The summed E-state index contributed by atoms with van der Waals surface area (Å²) in [6.07, 6.45) is 5.11. The molecule has 0 bridgehead atoms. The SMILES string of the molecule is CCCN1CCOC(C(CCc2ccnn2C)NN)C1. The Morgan fingerprint density at radius 2 is 2.45 bits per heavy atom. The first kappa shape index (κ1) is 15.4. The minimum Gasteiger partial charge on any atom is -0.374 e. The van der Waals surface area contributed by atoms with Crippen molar-refractivity contribution in [2.45, 2.75) is 38.3 Å². The molecule has 1 fully saturated rings. The van der Waals surface area contributed by atoms with Gasteiger partial charge in [0.25, 0.3) is 0 Å². The third-order valence-corrected chi connectivity index (χ3v) is 4.01. The molecule has 2 heterocycles. The van der Waals surface area contributed by atoms with Gasteiger partial charge in [0.2, 0.25) is 0 Å². The summed E-state index contributed by atoms with van der Waals surface area (Å²) in [5, 5.41) is 4.19. The van der Waals surface area contributed by atoms with Crippen LogP contribution in [0.5, 0.6) is 0 Å². The lowest BCUT2D eigenvalue weighted by Crippen LogP contribution is -2.54. The van der Waals surface area contributed by atoms with Gasteiger partial charge in [-0.2, -0.15) is 5.10 Å². The fourth-order valence-electron chi connectivity index (χ4n) is 2.82. The summed E-state index contributed by atoms with van der Waals surface area (Å²) in [7, 11) is 1.97. The van der Waals surface area contributed by atoms with Crippen molar-refractivity contribution >= 4 is 0 Å². The number of morpholine rings is 1. The van der Waals surface area contributed by atoms with E-state index in [2.05, 4.69) is 28.4 Å². The van der Waals surface area contributed by atoms with Gasteiger partial charge in [-0.05, 0) is 31.9 Å². The van der Waals surface area contributed by atoms with Crippen molar-refractivity contribution in [3.05, 3.63) is 18.0 Å². The van der Waals surface area contributed by atoms with Crippen LogP contribution in [0.15, 0.2) is 12.3 Å². The average molecular weight is 281 g/mol. The second-order valence-electron chi connectivity index (χ2n) is 5.47. The van der Waals surface area contributed by atoms with Gasteiger partial charge in [0, 0.05) is 38.1 Å². The Kier molecular flexibility index (Phi) is 5.97. The van der Waals surface area contributed by atoms with E-state index < -0.39 is 0 Å². The normalized spacial score (nSPS) is 22.1. The molecular formula is C14H27N5O. The van der Waals surface area contributed by atoms with Crippen LogP contribution in [0, 0.1) is 0 Å². The maximum Gasteiger partial charge on any atom is 0.0868 e. The molecule has 0 aromatic carbocycles. The Morgan fingerprint density at radius 1 is 1.60 bits per heavy atom. The van der Waals surface area contributed by atoms with Crippen LogP contribution >= 0.6 is 0 Å². The van der Waals surface area contributed by atoms with E-state index in [0.717, 1.165) is 39.1 Å². The molecule has 0 radical (unpaired) electrons. The standard InChI is InChI=1S/C14H27N5O/c1-3-8-19-9-10-20-14(11-19)13(17-15)5-4-12-6-7-16-18(12)2/h6-7,13-14,17H,3-5,8-11,15H2,1-2H3. The number of hydrogen-bond donors (Lipinski definition) is 2. The lowest BCUT2D eigenvalue weighted by molar-refractivity contribution is -0.0476. The van der Waals surface area contributed by atoms with Gasteiger partial charge in [0.15, 0.2) is 0 Å². The van der Waals surface area contributed by atoms with Crippen molar-refractivity contribution in [2.24, 2.45) is 12.9 Å². The fraction of sp³-hybridized carbons (Fsp3) is 0.786. The molecule has 1 aliphatic heterocycles. The number of hydrazine groups is 1. The molecule has 0 saturated carbocycles. The lowest BCUT2D eigenvalue weighted by atomic mass is 10.0. The lowest BCUT2D eigenvalue weighted by Gasteiger charge is -2.36. The number of ether oxygens (including phenoxy) is 1. The maximum absolute atomic E-state index is 5.90. The molecule has 0 spiro atoms. The molecule has 2 rings (SSSR count). The van der Waals surface area contributed by atoms with Gasteiger partial charge in [-0.1, -0.05) is 6.92 Å². The number of hydrogen-bond acceptors (Lipinski definition) is 5. The average Bonchev–Trinajstić information content (AvgIpc) is 2.86. The highest BCUT2D eigenvalue weighted by Crippen LogP contribution is 2.14. The molecule has 0 amide bonds. The van der Waals surface area contributed by atoms with Crippen LogP contribution in [0.2, 0.25) is 0 Å². The van der Waals surface area contributed by atoms with Crippen molar-refractivity contribution < 1.29 is 4.74 Å². The molecule has 3 N–H and O–H groups in total. The van der Waals surface area contributed by atoms with Gasteiger partial charge in [0.1, 0.15) is 0 Å². The van der Waals surface area contributed by atoms with Gasteiger partial charge >= 0.3 is 0 Å². The van der Waals surface area contributed by atoms with Crippen LogP contribution in [-0.4, -0.2) is 53.1 Å². The summed E-state index contributed by atoms with van der Waals surface area (Å²) in [5.41, 5.74) is 4.16. The van der Waals surface area contributed by atoms with Crippen LogP contribution in [0.3, 0.4) is 0 Å². The molecular weight excluding hydrogens is 254 g/mol. The molecule has 2 atom stereocenters. The summed E-state index contributed by atoms with van der Waals surface area (Å²) in [5.74, 6) is 5.73. The predicted octanol–water partition coefficient (Wildman–Crippen LogP) is 0.295. The van der Waals surface area contributed by atoms with E-state index in [4.69, 9.17) is 10.6 Å². The summed E-state index contributed by atoms with van der Waals surface area (Å²) < 4.78 is 7.82. The third-order valence-electron chi connectivity index (χ3n) is 4.01. The molecule has 20 heavy (non-hydrogen) atoms. The Bertz CT molecular complexity index is 393. The minimum absolute atomic E-state index is 0.175. The summed E-state index contributed by atoms with van der Waals surface area (Å²) in [6, 6.07) is 2.24. The minimum atomic E-state index is 0.175. The van der Waals surface area contributed by atoms with Gasteiger partial charge < -0.3 is 4.74 Å². The van der Waals surface area contributed by atoms with E-state index in [1.54, 1.807) is 0 Å². The van der Waals surface area contributed by atoms with E-state index in [1.807, 2.05) is 17.9 Å². The van der Waals surface area contributed by atoms with Crippen LogP contribution in [0.25, 0.3) is 0 Å². The zero-order valence-electron chi connectivity index (χ0n) is 12.6. The Hall–Kier alpha value is -0.950. The molecule has 1 aromatic heterocycles. The highest BCUT2D eigenvalue weighted by Gasteiger charge is 2.27. The smallest absolute Gasteiger partial charge is 0.0868 e. The first-order chi connectivity index (χ1) is 9.74. The van der Waals surface area contributed by atoms with Gasteiger partial charge in [-0.25, -0.2) is 0 Å². The fourth-order valence-corrected chi connectivity index (χ4v) is 2.82. The quantitative estimate of drug-likeness (QED) is 0.555. The largest absolute Gasteiger partial charge is 0.374 e. The Balaban J connectivity index is 1.85. The molecule has 1 aliphatic rings. The molecule has 114 valence electrons. The van der Waals surface area contributed by atoms with Gasteiger partial charge in [0.05, 0.1) is 12.7 Å². The first-order valence-electron chi connectivity index (χ1n) is 7.51. The topological polar surface area (TPSA) is 68.3 Å². The van der Waals surface area contributed by atoms with Crippen LogP contribution in [0.4, 0.5) is 0 Å². The monoisotopic (exact) mass is 281 g/mol. The van der Waals surface area contributed by atoms with Gasteiger partial charge in [-0.15, -0.1) is 0 Å². The van der Waals surface area contributed by atoms with Crippen molar-refractivity contribution in [3.63, 3.8) is 0 Å². The van der Waals surface area contributed by atoms with E-state index in [0.29, 0.717) is 0 Å². The Morgan fingerprint density at radius 3 is 3.10 bits per heavy atom. The van der Waals surface area contributed by atoms with Crippen LogP contribution in [-0.2, 0) is 18.2 Å². The van der Waals surface area contributed by atoms with Gasteiger partial charge in [-0.3, -0.25) is 20.9 Å². The third kappa shape index (κ3) is 4.02. The second-order valence-corrected chi connectivity index (χ2v) is 5.47. The molecule has 1 aromatic rings. The van der Waals surface area contributed by atoms with Crippen molar-refractivity contribution in [2.75, 3.05) is 26.2 Å². The molecule has 2 unspecified atom stereocenters. The van der Waals surface area contributed by atoms with Crippen LogP contribution < -0.4 is 11.3 Å². The van der Waals surface area contributed by atoms with Crippen molar-refractivity contribution in [1.29, 1.82) is 0 Å². The zero-order chi connectivity index (χ0) is 14.4. The number of rotatable bonds is 7.